The number of urea groups is 1. The number of hydrogen-bond acceptors (Lipinski definition) is 3. The quantitative estimate of drug-likeness (QED) is 0.674. The van der Waals surface area contributed by atoms with Crippen LogP contribution in [0.1, 0.15) is 12.5 Å². The Bertz CT molecular complexity index is 730. The standard InChI is InChI=1S/C19H21FN2O3/c1-3-11-25-17-6-4-5-16(12-17)22-18(23)21-13-19(2,24)14-7-9-15(20)10-8-14/h3-10,12,24H,1,11,13H2,2H3,(H2,21,22,23). The van der Waals surface area contributed by atoms with E-state index in [1.807, 2.05) is 0 Å². The van der Waals surface area contributed by atoms with E-state index >= 15 is 0 Å². The summed E-state index contributed by atoms with van der Waals surface area (Å²) in [5, 5.41) is 15.7. The Morgan fingerprint density at radius 3 is 2.72 bits per heavy atom. The molecule has 0 aliphatic heterocycles. The first kappa shape index (κ1) is 18.5. The molecular formula is C19H21FN2O3. The van der Waals surface area contributed by atoms with Crippen molar-refractivity contribution >= 4 is 11.7 Å². The normalized spacial score (nSPS) is 12.8. The van der Waals surface area contributed by atoms with Gasteiger partial charge in [0, 0.05) is 11.8 Å². The SMILES string of the molecule is C=CCOc1cccc(NC(=O)NCC(C)(O)c2ccc(F)cc2)c1. The van der Waals surface area contributed by atoms with Crippen molar-refractivity contribution in [3.8, 4) is 5.75 Å². The van der Waals surface area contributed by atoms with E-state index in [4.69, 9.17) is 4.74 Å². The molecule has 25 heavy (non-hydrogen) atoms. The van der Waals surface area contributed by atoms with Gasteiger partial charge < -0.3 is 20.5 Å². The molecule has 0 saturated carbocycles. The smallest absolute Gasteiger partial charge is 0.319 e. The van der Waals surface area contributed by atoms with Crippen LogP contribution in [0.5, 0.6) is 5.75 Å². The summed E-state index contributed by atoms with van der Waals surface area (Å²) in [5.41, 5.74) is -0.255. The van der Waals surface area contributed by atoms with Gasteiger partial charge in [0.25, 0.3) is 0 Å². The zero-order valence-electron chi connectivity index (χ0n) is 14.0. The molecule has 0 fully saturated rings. The van der Waals surface area contributed by atoms with Gasteiger partial charge >= 0.3 is 6.03 Å². The first-order chi connectivity index (χ1) is 11.9. The van der Waals surface area contributed by atoms with Crippen molar-refractivity contribution in [1.82, 2.24) is 5.32 Å². The van der Waals surface area contributed by atoms with Crippen molar-refractivity contribution < 1.29 is 19.0 Å². The van der Waals surface area contributed by atoms with Gasteiger partial charge in [-0.15, -0.1) is 0 Å². The number of aliphatic hydroxyl groups is 1. The average molecular weight is 344 g/mol. The fourth-order valence-corrected chi connectivity index (χ4v) is 2.16. The van der Waals surface area contributed by atoms with Gasteiger partial charge in [0.2, 0.25) is 0 Å². The largest absolute Gasteiger partial charge is 0.489 e. The van der Waals surface area contributed by atoms with E-state index in [1.165, 1.54) is 24.3 Å². The summed E-state index contributed by atoms with van der Waals surface area (Å²) in [6.45, 7) is 5.46. The van der Waals surface area contributed by atoms with E-state index in [2.05, 4.69) is 17.2 Å². The number of halogens is 1. The summed E-state index contributed by atoms with van der Waals surface area (Å²) in [4.78, 5) is 12.0. The molecule has 0 bridgehead atoms. The van der Waals surface area contributed by atoms with Crippen LogP contribution < -0.4 is 15.4 Å². The minimum Gasteiger partial charge on any atom is -0.489 e. The molecule has 0 heterocycles. The van der Waals surface area contributed by atoms with Gasteiger partial charge in [0.15, 0.2) is 0 Å². The molecule has 2 aromatic carbocycles. The maximum atomic E-state index is 13.0. The minimum absolute atomic E-state index is 0.0306. The van der Waals surface area contributed by atoms with Crippen LogP contribution in [-0.4, -0.2) is 24.3 Å². The number of hydrogen-bond donors (Lipinski definition) is 3. The van der Waals surface area contributed by atoms with E-state index in [-0.39, 0.29) is 12.4 Å². The molecule has 0 aliphatic rings. The third-order valence-corrected chi connectivity index (χ3v) is 3.52. The molecular weight excluding hydrogens is 323 g/mol. The van der Waals surface area contributed by atoms with E-state index in [0.717, 1.165) is 0 Å². The lowest BCUT2D eigenvalue weighted by Gasteiger charge is -2.24. The van der Waals surface area contributed by atoms with Gasteiger partial charge in [-0.1, -0.05) is 30.9 Å². The molecule has 132 valence electrons. The second kappa shape index (κ2) is 8.30. The summed E-state index contributed by atoms with van der Waals surface area (Å²) >= 11 is 0. The Kier molecular flexibility index (Phi) is 6.14. The van der Waals surface area contributed by atoms with Crippen LogP contribution >= 0.6 is 0 Å². The number of carbonyl (C=O) groups excluding carboxylic acids is 1. The summed E-state index contributed by atoms with van der Waals surface area (Å²) < 4.78 is 18.4. The fourth-order valence-electron chi connectivity index (χ4n) is 2.16. The lowest BCUT2D eigenvalue weighted by molar-refractivity contribution is 0.0599. The van der Waals surface area contributed by atoms with Crippen molar-refractivity contribution in [2.75, 3.05) is 18.5 Å². The number of carbonyl (C=O) groups is 1. The molecule has 0 radical (unpaired) electrons. The number of ether oxygens (including phenoxy) is 1. The molecule has 0 saturated heterocycles. The number of benzene rings is 2. The Hall–Kier alpha value is -2.86. The van der Waals surface area contributed by atoms with Crippen molar-refractivity contribution in [2.45, 2.75) is 12.5 Å². The Morgan fingerprint density at radius 1 is 1.32 bits per heavy atom. The Balaban J connectivity index is 1.91. The maximum absolute atomic E-state index is 13.0. The number of nitrogens with one attached hydrogen (secondary N) is 2. The number of anilines is 1. The van der Waals surface area contributed by atoms with E-state index < -0.39 is 11.6 Å². The predicted molar refractivity (Wildman–Crippen MR) is 95.1 cm³/mol. The van der Waals surface area contributed by atoms with Crippen LogP contribution in [0.4, 0.5) is 14.9 Å². The minimum atomic E-state index is -1.32. The van der Waals surface area contributed by atoms with E-state index in [9.17, 15) is 14.3 Å². The summed E-state index contributed by atoms with van der Waals surface area (Å²) in [7, 11) is 0. The molecule has 0 spiro atoms. The third kappa shape index (κ3) is 5.61. The first-order valence-corrected chi connectivity index (χ1v) is 7.78. The second-order valence-corrected chi connectivity index (χ2v) is 5.72. The van der Waals surface area contributed by atoms with E-state index in [1.54, 1.807) is 37.3 Å². The van der Waals surface area contributed by atoms with Crippen LogP contribution in [0.3, 0.4) is 0 Å². The van der Waals surface area contributed by atoms with Crippen molar-refractivity contribution in [1.29, 1.82) is 0 Å². The molecule has 0 aliphatic carbocycles. The molecule has 0 aromatic heterocycles. The summed E-state index contributed by atoms with van der Waals surface area (Å²) in [6.07, 6.45) is 1.63. The van der Waals surface area contributed by atoms with Crippen LogP contribution in [-0.2, 0) is 5.60 Å². The average Bonchev–Trinajstić information content (AvgIpc) is 2.59. The number of amides is 2. The lowest BCUT2D eigenvalue weighted by Crippen LogP contribution is -2.40. The van der Waals surface area contributed by atoms with Gasteiger partial charge in [-0.3, -0.25) is 0 Å². The van der Waals surface area contributed by atoms with Crippen molar-refractivity contribution in [3.63, 3.8) is 0 Å². The lowest BCUT2D eigenvalue weighted by atomic mass is 9.96. The molecule has 6 heteroatoms. The highest BCUT2D eigenvalue weighted by molar-refractivity contribution is 5.89. The number of rotatable bonds is 7. The Labute approximate surface area is 146 Å². The predicted octanol–water partition coefficient (Wildman–Crippen LogP) is 3.42. The van der Waals surface area contributed by atoms with Crippen LogP contribution in [0, 0.1) is 5.82 Å². The fraction of sp³-hybridized carbons (Fsp3) is 0.211. The molecule has 2 amide bonds. The van der Waals surface area contributed by atoms with Gasteiger partial charge in [-0.2, -0.15) is 0 Å². The topological polar surface area (TPSA) is 70.6 Å². The summed E-state index contributed by atoms with van der Waals surface area (Å²) in [5.74, 6) is 0.222. The van der Waals surface area contributed by atoms with Crippen LogP contribution in [0.2, 0.25) is 0 Å². The molecule has 2 aromatic rings. The van der Waals surface area contributed by atoms with Crippen molar-refractivity contribution in [3.05, 3.63) is 72.6 Å². The van der Waals surface area contributed by atoms with Gasteiger partial charge in [-0.25, -0.2) is 9.18 Å². The van der Waals surface area contributed by atoms with Gasteiger partial charge in [0.1, 0.15) is 23.8 Å². The zero-order valence-corrected chi connectivity index (χ0v) is 14.0. The first-order valence-electron chi connectivity index (χ1n) is 7.78. The van der Waals surface area contributed by atoms with Gasteiger partial charge in [0.05, 0.1) is 6.54 Å². The highest BCUT2D eigenvalue weighted by Crippen LogP contribution is 2.20. The van der Waals surface area contributed by atoms with Crippen LogP contribution in [0.15, 0.2) is 61.2 Å². The van der Waals surface area contributed by atoms with Crippen LogP contribution in [0.25, 0.3) is 0 Å². The third-order valence-electron chi connectivity index (χ3n) is 3.52. The molecule has 2 rings (SSSR count). The maximum Gasteiger partial charge on any atom is 0.319 e. The monoisotopic (exact) mass is 344 g/mol. The zero-order chi connectivity index (χ0) is 18.3. The van der Waals surface area contributed by atoms with E-state index in [0.29, 0.717) is 23.6 Å². The molecule has 5 nitrogen and oxygen atoms in total. The van der Waals surface area contributed by atoms with Crippen molar-refractivity contribution in [2.24, 2.45) is 0 Å². The Morgan fingerprint density at radius 2 is 2.04 bits per heavy atom. The summed E-state index contributed by atoms with van der Waals surface area (Å²) in [6, 6.07) is 11.9. The molecule has 3 N–H and O–H groups in total. The molecule has 1 atom stereocenters. The molecule has 1 unspecified atom stereocenters. The second-order valence-electron chi connectivity index (χ2n) is 5.72. The van der Waals surface area contributed by atoms with Gasteiger partial charge in [-0.05, 0) is 36.8 Å². The highest BCUT2D eigenvalue weighted by Gasteiger charge is 2.23. The highest BCUT2D eigenvalue weighted by atomic mass is 19.1.